The highest BCUT2D eigenvalue weighted by atomic mass is 35.5. The number of rotatable bonds is 3. The molecule has 1 saturated heterocycles. The Morgan fingerprint density at radius 3 is 2.60 bits per heavy atom. The molecule has 25 heavy (non-hydrogen) atoms. The van der Waals surface area contributed by atoms with Gasteiger partial charge in [0.25, 0.3) is 5.91 Å². The van der Waals surface area contributed by atoms with Gasteiger partial charge in [-0.2, -0.15) is 0 Å². The Bertz CT molecular complexity index is 805. The molecule has 2 heterocycles. The first-order chi connectivity index (χ1) is 11.9. The van der Waals surface area contributed by atoms with Crippen molar-refractivity contribution in [3.05, 3.63) is 57.7 Å². The molecule has 1 aromatic carbocycles. The minimum Gasteiger partial charge on any atom is -0.327 e. The molecule has 1 fully saturated rings. The number of halogens is 2. The van der Waals surface area contributed by atoms with Gasteiger partial charge in [0.2, 0.25) is 5.91 Å². The summed E-state index contributed by atoms with van der Waals surface area (Å²) in [5.74, 6) is -0.00794. The summed E-state index contributed by atoms with van der Waals surface area (Å²) in [6.45, 7) is 2.44. The van der Waals surface area contributed by atoms with Crippen molar-refractivity contribution in [3.63, 3.8) is 0 Å². The molecule has 3 rings (SSSR count). The Morgan fingerprint density at radius 2 is 1.92 bits per heavy atom. The van der Waals surface area contributed by atoms with Gasteiger partial charge in [0.15, 0.2) is 0 Å². The summed E-state index contributed by atoms with van der Waals surface area (Å²) in [7, 11) is 0. The van der Waals surface area contributed by atoms with Crippen LogP contribution in [-0.4, -0.2) is 34.3 Å². The van der Waals surface area contributed by atoms with Gasteiger partial charge in [-0.1, -0.05) is 23.2 Å². The number of carbonyl (C=O) groups excluding carboxylic acids is 2. The molecule has 1 aliphatic rings. The highest BCUT2D eigenvalue weighted by Gasteiger charge is 2.34. The van der Waals surface area contributed by atoms with Crippen molar-refractivity contribution >= 4 is 40.8 Å². The summed E-state index contributed by atoms with van der Waals surface area (Å²) >= 11 is 12.0. The lowest BCUT2D eigenvalue weighted by Gasteiger charge is -2.24. The van der Waals surface area contributed by atoms with E-state index in [1.807, 2.05) is 13.0 Å². The van der Waals surface area contributed by atoms with E-state index in [1.165, 1.54) is 0 Å². The molecule has 0 bridgehead atoms. The molecule has 1 N–H and O–H groups in total. The van der Waals surface area contributed by atoms with E-state index in [2.05, 4.69) is 10.3 Å². The normalized spacial score (nSPS) is 16.8. The molecule has 1 aliphatic heterocycles. The third kappa shape index (κ3) is 4.11. The molecule has 130 valence electrons. The number of amides is 2. The average Bonchev–Trinajstić information content (AvgIpc) is 3.03. The summed E-state index contributed by atoms with van der Waals surface area (Å²) in [6.07, 6.45) is 3.01. The summed E-state index contributed by atoms with van der Waals surface area (Å²) in [5, 5.41) is 3.57. The predicted molar refractivity (Wildman–Crippen MR) is 98.1 cm³/mol. The van der Waals surface area contributed by atoms with Crippen molar-refractivity contribution < 1.29 is 9.59 Å². The fourth-order valence-electron chi connectivity index (χ4n) is 2.94. The number of hydrogen-bond donors (Lipinski definition) is 1. The van der Waals surface area contributed by atoms with Gasteiger partial charge in [-0.25, -0.2) is 4.98 Å². The number of nitrogens with one attached hydrogen (secondary N) is 1. The van der Waals surface area contributed by atoms with E-state index in [0.717, 1.165) is 12.0 Å². The van der Waals surface area contributed by atoms with E-state index < -0.39 is 6.04 Å². The van der Waals surface area contributed by atoms with Crippen LogP contribution in [0.15, 0.2) is 36.5 Å². The van der Waals surface area contributed by atoms with Gasteiger partial charge in [-0.05, 0) is 55.7 Å². The van der Waals surface area contributed by atoms with Crippen LogP contribution in [0.2, 0.25) is 10.0 Å². The van der Waals surface area contributed by atoms with E-state index >= 15 is 0 Å². The predicted octanol–water partition coefficient (Wildman–Crippen LogP) is 3.94. The molecule has 0 aliphatic carbocycles. The lowest BCUT2D eigenvalue weighted by molar-refractivity contribution is -0.119. The van der Waals surface area contributed by atoms with Crippen molar-refractivity contribution in [3.8, 4) is 0 Å². The van der Waals surface area contributed by atoms with Gasteiger partial charge in [0.05, 0.1) is 0 Å². The zero-order valence-corrected chi connectivity index (χ0v) is 15.1. The largest absolute Gasteiger partial charge is 0.327 e. The number of anilines is 1. The average molecular weight is 378 g/mol. The fraction of sp³-hybridized carbons (Fsp3) is 0.278. The Morgan fingerprint density at radius 1 is 1.20 bits per heavy atom. The number of nitrogens with zero attached hydrogens (tertiary/aromatic N) is 2. The van der Waals surface area contributed by atoms with Crippen LogP contribution < -0.4 is 5.32 Å². The maximum atomic E-state index is 12.8. The smallest absolute Gasteiger partial charge is 0.254 e. The van der Waals surface area contributed by atoms with Crippen LogP contribution in [0.5, 0.6) is 0 Å². The maximum absolute atomic E-state index is 12.8. The SMILES string of the molecule is Cc1ccnc(NC(=O)C2CCCN2C(=O)c2cc(Cl)cc(Cl)c2)c1. The molecule has 5 nitrogen and oxygen atoms in total. The molecular weight excluding hydrogens is 361 g/mol. The lowest BCUT2D eigenvalue weighted by Crippen LogP contribution is -2.43. The third-order valence-electron chi connectivity index (χ3n) is 4.09. The molecular formula is C18H17Cl2N3O2. The quantitative estimate of drug-likeness (QED) is 0.880. The maximum Gasteiger partial charge on any atom is 0.254 e. The second kappa shape index (κ2) is 7.42. The van der Waals surface area contributed by atoms with Gasteiger partial charge >= 0.3 is 0 Å². The van der Waals surface area contributed by atoms with Gasteiger partial charge in [-0.15, -0.1) is 0 Å². The van der Waals surface area contributed by atoms with Gasteiger partial charge in [-0.3, -0.25) is 9.59 Å². The Labute approximate surface area is 155 Å². The first kappa shape index (κ1) is 17.7. The summed E-state index contributed by atoms with van der Waals surface area (Å²) in [4.78, 5) is 31.1. The number of aryl methyl sites for hydroxylation is 1. The summed E-state index contributed by atoms with van der Waals surface area (Å²) in [6, 6.07) is 7.79. The topological polar surface area (TPSA) is 62.3 Å². The molecule has 1 aromatic heterocycles. The Hall–Kier alpha value is -2.11. The third-order valence-corrected chi connectivity index (χ3v) is 4.53. The molecule has 1 atom stereocenters. The van der Waals surface area contributed by atoms with E-state index in [-0.39, 0.29) is 11.8 Å². The molecule has 1 unspecified atom stereocenters. The van der Waals surface area contributed by atoms with Gasteiger partial charge < -0.3 is 10.2 Å². The number of carbonyl (C=O) groups is 2. The van der Waals surface area contributed by atoms with E-state index in [0.29, 0.717) is 34.4 Å². The van der Waals surface area contributed by atoms with Crippen LogP contribution in [-0.2, 0) is 4.79 Å². The number of hydrogen-bond acceptors (Lipinski definition) is 3. The zero-order chi connectivity index (χ0) is 18.0. The van der Waals surface area contributed by atoms with Crippen molar-refractivity contribution in [2.75, 3.05) is 11.9 Å². The van der Waals surface area contributed by atoms with E-state index in [1.54, 1.807) is 35.4 Å². The fourth-order valence-corrected chi connectivity index (χ4v) is 3.47. The minimum absolute atomic E-state index is 0.239. The highest BCUT2D eigenvalue weighted by Crippen LogP contribution is 2.25. The first-order valence-corrected chi connectivity index (χ1v) is 8.70. The highest BCUT2D eigenvalue weighted by molar-refractivity contribution is 6.35. The molecule has 0 radical (unpaired) electrons. The zero-order valence-electron chi connectivity index (χ0n) is 13.6. The molecule has 0 spiro atoms. The summed E-state index contributed by atoms with van der Waals surface area (Å²) < 4.78 is 0. The van der Waals surface area contributed by atoms with Crippen molar-refractivity contribution in [1.29, 1.82) is 0 Å². The standard InChI is InChI=1S/C18H17Cl2N3O2/c1-11-4-5-21-16(7-11)22-17(24)15-3-2-6-23(15)18(25)12-8-13(19)10-14(20)9-12/h4-5,7-10,15H,2-3,6H2,1H3,(H,21,22,24). The monoisotopic (exact) mass is 377 g/mol. The van der Waals surface area contributed by atoms with Crippen LogP contribution in [0.25, 0.3) is 0 Å². The number of likely N-dealkylation sites (tertiary alicyclic amines) is 1. The Kier molecular flexibility index (Phi) is 5.25. The van der Waals surface area contributed by atoms with Crippen molar-refractivity contribution in [1.82, 2.24) is 9.88 Å². The second-order valence-electron chi connectivity index (χ2n) is 6.02. The van der Waals surface area contributed by atoms with Gasteiger partial charge in [0, 0.05) is 28.4 Å². The van der Waals surface area contributed by atoms with Crippen molar-refractivity contribution in [2.45, 2.75) is 25.8 Å². The summed E-state index contributed by atoms with van der Waals surface area (Å²) in [5.41, 5.74) is 1.38. The molecule has 2 aromatic rings. The van der Waals surface area contributed by atoms with Crippen LogP contribution in [0.4, 0.5) is 5.82 Å². The van der Waals surface area contributed by atoms with Crippen LogP contribution >= 0.6 is 23.2 Å². The first-order valence-electron chi connectivity index (χ1n) is 7.94. The van der Waals surface area contributed by atoms with Crippen LogP contribution in [0.3, 0.4) is 0 Å². The van der Waals surface area contributed by atoms with Crippen molar-refractivity contribution in [2.24, 2.45) is 0 Å². The number of aromatic nitrogens is 1. The van der Waals surface area contributed by atoms with Crippen LogP contribution in [0.1, 0.15) is 28.8 Å². The second-order valence-corrected chi connectivity index (χ2v) is 6.90. The lowest BCUT2D eigenvalue weighted by atomic mass is 10.1. The van der Waals surface area contributed by atoms with Gasteiger partial charge in [0.1, 0.15) is 11.9 Å². The number of pyridine rings is 1. The van der Waals surface area contributed by atoms with E-state index in [9.17, 15) is 9.59 Å². The molecule has 0 saturated carbocycles. The molecule has 7 heteroatoms. The van der Waals surface area contributed by atoms with Crippen LogP contribution in [0, 0.1) is 6.92 Å². The minimum atomic E-state index is -0.535. The van der Waals surface area contributed by atoms with E-state index in [4.69, 9.17) is 23.2 Å². The Balaban J connectivity index is 1.77. The number of benzene rings is 1. The molecule has 2 amide bonds.